The van der Waals surface area contributed by atoms with Crippen LogP contribution in [0.5, 0.6) is 0 Å². The summed E-state index contributed by atoms with van der Waals surface area (Å²) >= 11 is 5.81. The Morgan fingerprint density at radius 2 is 2.30 bits per heavy atom. The van der Waals surface area contributed by atoms with Crippen LogP contribution < -0.4 is 5.32 Å². The van der Waals surface area contributed by atoms with E-state index in [4.69, 9.17) is 16.3 Å². The van der Waals surface area contributed by atoms with Gasteiger partial charge in [-0.25, -0.2) is 9.18 Å². The Bertz CT molecular complexity index is 699. The van der Waals surface area contributed by atoms with Gasteiger partial charge in [0.05, 0.1) is 30.1 Å². The lowest BCUT2D eigenvalue weighted by molar-refractivity contribution is -0.0135. The van der Waals surface area contributed by atoms with E-state index in [-0.39, 0.29) is 17.2 Å². The molecule has 3 rings (SSSR count). The minimum Gasteiger partial charge on any atom is -0.370 e. The molecule has 0 unspecified atom stereocenters. The smallest absolute Gasteiger partial charge is 0.322 e. The lowest BCUT2D eigenvalue weighted by atomic mass is 10.1. The second-order valence-electron chi connectivity index (χ2n) is 5.15. The molecule has 1 fully saturated rings. The molecule has 2 amide bonds. The molecule has 0 bridgehead atoms. The van der Waals surface area contributed by atoms with Crippen molar-refractivity contribution in [2.24, 2.45) is 0 Å². The zero-order valence-electron chi connectivity index (χ0n) is 12.2. The normalized spacial score (nSPS) is 17.8. The van der Waals surface area contributed by atoms with Gasteiger partial charge in [0.15, 0.2) is 0 Å². The van der Waals surface area contributed by atoms with Crippen molar-refractivity contribution >= 4 is 23.3 Å². The Morgan fingerprint density at radius 3 is 3.04 bits per heavy atom. The molecule has 2 heterocycles. The summed E-state index contributed by atoms with van der Waals surface area (Å²) in [6.45, 7) is 1.26. The van der Waals surface area contributed by atoms with Crippen LogP contribution >= 0.6 is 11.6 Å². The molecule has 1 N–H and O–H groups in total. The van der Waals surface area contributed by atoms with E-state index in [2.05, 4.69) is 10.3 Å². The Labute approximate surface area is 138 Å². The predicted molar refractivity (Wildman–Crippen MR) is 84.9 cm³/mol. The van der Waals surface area contributed by atoms with Gasteiger partial charge >= 0.3 is 6.03 Å². The zero-order chi connectivity index (χ0) is 16.2. The number of carbonyl (C=O) groups is 1. The van der Waals surface area contributed by atoms with E-state index >= 15 is 0 Å². The summed E-state index contributed by atoms with van der Waals surface area (Å²) in [4.78, 5) is 17.9. The molecule has 1 aliphatic heterocycles. The van der Waals surface area contributed by atoms with E-state index in [1.54, 1.807) is 35.5 Å². The van der Waals surface area contributed by atoms with Gasteiger partial charge in [-0.05, 0) is 29.8 Å². The summed E-state index contributed by atoms with van der Waals surface area (Å²) in [6.07, 6.45) is 2.88. The van der Waals surface area contributed by atoms with E-state index in [0.29, 0.717) is 25.4 Å². The van der Waals surface area contributed by atoms with Gasteiger partial charge in [-0.1, -0.05) is 17.7 Å². The van der Waals surface area contributed by atoms with Crippen LogP contribution in [0.3, 0.4) is 0 Å². The minimum absolute atomic E-state index is 0.0445. The number of nitrogens with one attached hydrogen (secondary N) is 1. The van der Waals surface area contributed by atoms with Crippen molar-refractivity contribution in [3.05, 3.63) is 59.1 Å². The number of urea groups is 1. The highest BCUT2D eigenvalue weighted by Gasteiger charge is 2.26. The molecule has 1 aliphatic rings. The fourth-order valence-electron chi connectivity index (χ4n) is 2.39. The lowest BCUT2D eigenvalue weighted by Gasteiger charge is -2.33. The van der Waals surface area contributed by atoms with E-state index in [1.807, 2.05) is 0 Å². The molecule has 23 heavy (non-hydrogen) atoms. The molecule has 7 heteroatoms. The lowest BCUT2D eigenvalue weighted by Crippen LogP contribution is -2.44. The summed E-state index contributed by atoms with van der Waals surface area (Å²) in [5, 5.41) is 2.83. The van der Waals surface area contributed by atoms with Crippen LogP contribution in [0, 0.1) is 5.82 Å². The number of morpholine rings is 1. The molecule has 2 aromatic rings. The highest BCUT2D eigenvalue weighted by atomic mass is 35.5. The first-order chi connectivity index (χ1) is 11.1. The summed E-state index contributed by atoms with van der Waals surface area (Å²) in [7, 11) is 0. The van der Waals surface area contributed by atoms with Crippen LogP contribution in [0.2, 0.25) is 5.02 Å². The number of hydrogen-bond donors (Lipinski definition) is 1. The van der Waals surface area contributed by atoms with Gasteiger partial charge in [-0.3, -0.25) is 4.98 Å². The summed E-state index contributed by atoms with van der Waals surface area (Å²) in [6, 6.07) is 7.74. The van der Waals surface area contributed by atoms with Gasteiger partial charge in [-0.2, -0.15) is 0 Å². The Hall–Kier alpha value is -2.18. The number of hydrogen-bond acceptors (Lipinski definition) is 3. The van der Waals surface area contributed by atoms with E-state index in [1.165, 1.54) is 12.1 Å². The van der Waals surface area contributed by atoms with Gasteiger partial charge < -0.3 is 15.0 Å². The van der Waals surface area contributed by atoms with Crippen LogP contribution in [0.25, 0.3) is 0 Å². The van der Waals surface area contributed by atoms with Crippen molar-refractivity contribution in [2.45, 2.75) is 6.10 Å². The molecule has 0 saturated carbocycles. The van der Waals surface area contributed by atoms with Gasteiger partial charge in [0.2, 0.25) is 0 Å². The van der Waals surface area contributed by atoms with Gasteiger partial charge in [-0.15, -0.1) is 0 Å². The first kappa shape index (κ1) is 15.7. The Balaban J connectivity index is 1.68. The SMILES string of the molecule is O=C(Nc1cccnc1)N1CCO[C@H](c2ccc(F)c(Cl)c2)C1. The molecule has 1 saturated heterocycles. The number of halogens is 2. The second kappa shape index (κ2) is 6.93. The maximum Gasteiger partial charge on any atom is 0.322 e. The molecular formula is C16H15ClFN3O2. The average Bonchev–Trinajstić information content (AvgIpc) is 2.58. The van der Waals surface area contributed by atoms with Crippen LogP contribution in [-0.4, -0.2) is 35.6 Å². The molecule has 0 radical (unpaired) electrons. The molecule has 1 atom stereocenters. The number of ether oxygens (including phenoxy) is 1. The fourth-order valence-corrected chi connectivity index (χ4v) is 2.58. The third kappa shape index (κ3) is 3.78. The van der Waals surface area contributed by atoms with Crippen molar-refractivity contribution in [1.82, 2.24) is 9.88 Å². The molecule has 1 aromatic heterocycles. The maximum atomic E-state index is 13.3. The minimum atomic E-state index is -0.475. The predicted octanol–water partition coefficient (Wildman–Crippen LogP) is 3.48. The number of amides is 2. The molecule has 1 aromatic carbocycles. The van der Waals surface area contributed by atoms with Gasteiger partial charge in [0.25, 0.3) is 0 Å². The monoisotopic (exact) mass is 335 g/mol. The van der Waals surface area contributed by atoms with Crippen LogP contribution in [-0.2, 0) is 4.74 Å². The highest BCUT2D eigenvalue weighted by Crippen LogP contribution is 2.26. The van der Waals surface area contributed by atoms with Gasteiger partial charge in [0, 0.05) is 12.7 Å². The second-order valence-corrected chi connectivity index (χ2v) is 5.56. The number of anilines is 1. The zero-order valence-corrected chi connectivity index (χ0v) is 13.0. The van der Waals surface area contributed by atoms with E-state index < -0.39 is 5.82 Å². The standard InChI is InChI=1S/C16H15ClFN3O2/c17-13-8-11(3-4-14(13)18)15-10-21(6-7-23-15)16(22)20-12-2-1-5-19-9-12/h1-5,8-9,15H,6-7,10H2,(H,20,22)/t15-/m0/s1. The average molecular weight is 336 g/mol. The van der Waals surface area contributed by atoms with Crippen molar-refractivity contribution in [3.63, 3.8) is 0 Å². The third-order valence-electron chi connectivity index (χ3n) is 3.58. The topological polar surface area (TPSA) is 54.5 Å². The van der Waals surface area contributed by atoms with Crippen LogP contribution in [0.4, 0.5) is 14.9 Å². The first-order valence-electron chi connectivity index (χ1n) is 7.16. The Morgan fingerprint density at radius 1 is 1.43 bits per heavy atom. The first-order valence-corrected chi connectivity index (χ1v) is 7.54. The fraction of sp³-hybridized carbons (Fsp3) is 0.250. The number of benzene rings is 1. The van der Waals surface area contributed by atoms with Crippen molar-refractivity contribution in [3.8, 4) is 0 Å². The summed E-state index contributed by atoms with van der Waals surface area (Å²) in [5.41, 5.74) is 1.38. The third-order valence-corrected chi connectivity index (χ3v) is 3.87. The summed E-state index contributed by atoms with van der Waals surface area (Å²) < 4.78 is 18.9. The number of aromatic nitrogens is 1. The van der Waals surface area contributed by atoms with E-state index in [0.717, 1.165) is 5.56 Å². The highest BCUT2D eigenvalue weighted by molar-refractivity contribution is 6.30. The molecule has 0 aliphatic carbocycles. The maximum absolute atomic E-state index is 13.3. The Kier molecular flexibility index (Phi) is 4.73. The van der Waals surface area contributed by atoms with E-state index in [9.17, 15) is 9.18 Å². The number of nitrogens with zero attached hydrogens (tertiary/aromatic N) is 2. The van der Waals surface area contributed by atoms with Gasteiger partial charge in [0.1, 0.15) is 11.9 Å². The number of pyridine rings is 1. The number of rotatable bonds is 2. The van der Waals surface area contributed by atoms with Crippen molar-refractivity contribution in [1.29, 1.82) is 0 Å². The largest absolute Gasteiger partial charge is 0.370 e. The summed E-state index contributed by atoms with van der Waals surface area (Å²) in [5.74, 6) is -0.475. The van der Waals surface area contributed by atoms with Crippen LogP contribution in [0.15, 0.2) is 42.7 Å². The quantitative estimate of drug-likeness (QED) is 0.914. The molecule has 5 nitrogen and oxygen atoms in total. The van der Waals surface area contributed by atoms with Crippen LogP contribution in [0.1, 0.15) is 11.7 Å². The molecular weight excluding hydrogens is 321 g/mol. The van der Waals surface area contributed by atoms with Crippen molar-refractivity contribution < 1.29 is 13.9 Å². The number of carbonyl (C=O) groups excluding carboxylic acids is 1. The molecule has 120 valence electrons. The molecule has 0 spiro atoms. The van der Waals surface area contributed by atoms with Crippen molar-refractivity contribution in [2.75, 3.05) is 25.0 Å².